The highest BCUT2D eigenvalue weighted by Gasteiger charge is 2.11. The third-order valence-electron chi connectivity index (χ3n) is 2.62. The molecule has 2 aromatic heterocycles. The van der Waals surface area contributed by atoms with E-state index in [2.05, 4.69) is 20.4 Å². The molecule has 1 N–H and O–H groups in total. The quantitative estimate of drug-likeness (QED) is 0.739. The standard InChI is InChI=1S/C13H10N4OS/c18-12(9-4-2-1-3-5-9)6-10-8-19-13(15-10)11-7-14-17-16-11/h1-5,7-8H,6H2,(H,14,16,17). The summed E-state index contributed by atoms with van der Waals surface area (Å²) in [5.41, 5.74) is 2.17. The first-order chi connectivity index (χ1) is 9.33. The monoisotopic (exact) mass is 270 g/mol. The molecule has 0 aliphatic carbocycles. The zero-order chi connectivity index (χ0) is 13.1. The normalized spacial score (nSPS) is 10.5. The lowest BCUT2D eigenvalue weighted by atomic mass is 10.1. The van der Waals surface area contributed by atoms with Crippen molar-refractivity contribution >= 4 is 17.1 Å². The van der Waals surface area contributed by atoms with E-state index in [0.717, 1.165) is 10.7 Å². The lowest BCUT2D eigenvalue weighted by molar-refractivity contribution is 0.0992. The number of H-pyrrole nitrogens is 1. The van der Waals surface area contributed by atoms with E-state index in [4.69, 9.17) is 0 Å². The first kappa shape index (κ1) is 11.7. The molecule has 0 saturated carbocycles. The van der Waals surface area contributed by atoms with E-state index in [0.29, 0.717) is 17.7 Å². The highest BCUT2D eigenvalue weighted by molar-refractivity contribution is 7.13. The van der Waals surface area contributed by atoms with Crippen LogP contribution in [0.5, 0.6) is 0 Å². The highest BCUT2D eigenvalue weighted by Crippen LogP contribution is 2.21. The number of benzene rings is 1. The molecule has 0 bridgehead atoms. The molecule has 0 atom stereocenters. The van der Waals surface area contributed by atoms with Gasteiger partial charge in [0.15, 0.2) is 5.78 Å². The van der Waals surface area contributed by atoms with Crippen LogP contribution in [-0.2, 0) is 6.42 Å². The van der Waals surface area contributed by atoms with Gasteiger partial charge in [-0.1, -0.05) is 30.3 Å². The number of hydrogen-bond acceptors (Lipinski definition) is 5. The zero-order valence-electron chi connectivity index (χ0n) is 9.91. The molecule has 19 heavy (non-hydrogen) atoms. The molecule has 5 nitrogen and oxygen atoms in total. The Balaban J connectivity index is 1.76. The lowest BCUT2D eigenvalue weighted by Crippen LogP contribution is -2.03. The Bertz CT molecular complexity index is 676. The SMILES string of the molecule is O=C(Cc1csc(-c2cn[nH]n2)n1)c1ccccc1. The Kier molecular flexibility index (Phi) is 3.16. The molecule has 0 radical (unpaired) electrons. The van der Waals surface area contributed by atoms with Crippen molar-refractivity contribution < 1.29 is 4.79 Å². The van der Waals surface area contributed by atoms with E-state index in [-0.39, 0.29) is 5.78 Å². The van der Waals surface area contributed by atoms with Gasteiger partial charge in [0.05, 0.1) is 18.3 Å². The summed E-state index contributed by atoms with van der Waals surface area (Å²) in [7, 11) is 0. The van der Waals surface area contributed by atoms with Crippen molar-refractivity contribution in [2.24, 2.45) is 0 Å². The number of Topliss-reactive ketones (excluding diaryl/α,β-unsaturated/α-hetero) is 1. The van der Waals surface area contributed by atoms with E-state index >= 15 is 0 Å². The smallest absolute Gasteiger partial charge is 0.168 e. The second-order valence-electron chi connectivity index (χ2n) is 3.97. The fourth-order valence-corrected chi connectivity index (χ4v) is 2.47. The molecule has 94 valence electrons. The zero-order valence-corrected chi connectivity index (χ0v) is 10.7. The number of nitrogens with one attached hydrogen (secondary N) is 1. The summed E-state index contributed by atoms with van der Waals surface area (Å²) in [6.07, 6.45) is 1.92. The predicted molar refractivity (Wildman–Crippen MR) is 72.0 cm³/mol. The van der Waals surface area contributed by atoms with Crippen molar-refractivity contribution in [1.29, 1.82) is 0 Å². The molecular formula is C13H10N4OS. The lowest BCUT2D eigenvalue weighted by Gasteiger charge is -1.97. The van der Waals surface area contributed by atoms with Gasteiger partial charge in [0.1, 0.15) is 10.7 Å². The van der Waals surface area contributed by atoms with E-state index in [1.165, 1.54) is 11.3 Å². The van der Waals surface area contributed by atoms with Crippen LogP contribution >= 0.6 is 11.3 Å². The van der Waals surface area contributed by atoms with Gasteiger partial charge >= 0.3 is 0 Å². The van der Waals surface area contributed by atoms with Crippen molar-refractivity contribution in [3.05, 3.63) is 53.2 Å². The van der Waals surface area contributed by atoms with Crippen molar-refractivity contribution in [2.75, 3.05) is 0 Å². The average molecular weight is 270 g/mol. The van der Waals surface area contributed by atoms with Gasteiger partial charge in [-0.2, -0.15) is 15.4 Å². The second kappa shape index (κ2) is 5.11. The third kappa shape index (κ3) is 2.58. The Hall–Kier alpha value is -2.34. The molecule has 1 aromatic carbocycles. The molecule has 0 unspecified atom stereocenters. The summed E-state index contributed by atoms with van der Waals surface area (Å²) in [4.78, 5) is 16.4. The predicted octanol–water partition coefficient (Wildman–Crippen LogP) is 2.35. The van der Waals surface area contributed by atoms with Crippen molar-refractivity contribution in [2.45, 2.75) is 6.42 Å². The van der Waals surface area contributed by atoms with Gasteiger partial charge in [-0.05, 0) is 0 Å². The molecule has 0 aliphatic rings. The molecule has 0 aliphatic heterocycles. The fraction of sp³-hybridized carbons (Fsp3) is 0.0769. The van der Waals surface area contributed by atoms with Crippen LogP contribution in [0.3, 0.4) is 0 Å². The molecule has 0 amide bonds. The Morgan fingerprint density at radius 3 is 2.84 bits per heavy atom. The summed E-state index contributed by atoms with van der Waals surface area (Å²) in [5.74, 6) is 0.0672. The number of ketones is 1. The minimum Gasteiger partial charge on any atom is -0.294 e. The van der Waals surface area contributed by atoms with Crippen molar-refractivity contribution in [3.8, 4) is 10.7 Å². The van der Waals surface area contributed by atoms with Gasteiger partial charge in [0.2, 0.25) is 0 Å². The van der Waals surface area contributed by atoms with Gasteiger partial charge in [0.25, 0.3) is 0 Å². The molecular weight excluding hydrogens is 260 g/mol. The largest absolute Gasteiger partial charge is 0.294 e. The number of rotatable bonds is 4. The fourth-order valence-electron chi connectivity index (χ4n) is 1.70. The first-order valence-corrected chi connectivity index (χ1v) is 6.59. The van der Waals surface area contributed by atoms with Crippen LogP contribution < -0.4 is 0 Å². The number of thiazole rings is 1. The third-order valence-corrected chi connectivity index (χ3v) is 3.54. The Labute approximate surface area is 113 Å². The van der Waals surface area contributed by atoms with Crippen molar-refractivity contribution in [1.82, 2.24) is 20.4 Å². The molecule has 0 fully saturated rings. The summed E-state index contributed by atoms with van der Waals surface area (Å²) >= 11 is 1.46. The summed E-state index contributed by atoms with van der Waals surface area (Å²) < 4.78 is 0. The number of carbonyl (C=O) groups is 1. The van der Waals surface area contributed by atoms with E-state index < -0.39 is 0 Å². The van der Waals surface area contributed by atoms with Gasteiger partial charge in [-0.25, -0.2) is 4.98 Å². The number of hydrogen-bond donors (Lipinski definition) is 1. The van der Waals surface area contributed by atoms with Crippen LogP contribution in [0.2, 0.25) is 0 Å². The van der Waals surface area contributed by atoms with Crippen molar-refractivity contribution in [3.63, 3.8) is 0 Å². The molecule has 0 saturated heterocycles. The number of carbonyl (C=O) groups excluding carboxylic acids is 1. The van der Waals surface area contributed by atoms with E-state index in [1.54, 1.807) is 6.20 Å². The van der Waals surface area contributed by atoms with Gasteiger partial charge < -0.3 is 0 Å². The second-order valence-corrected chi connectivity index (χ2v) is 4.82. The number of nitrogens with zero attached hydrogens (tertiary/aromatic N) is 3. The molecule has 3 rings (SSSR count). The Morgan fingerprint density at radius 2 is 2.11 bits per heavy atom. The minimum atomic E-state index is 0.0672. The van der Waals surface area contributed by atoms with E-state index in [1.807, 2.05) is 35.7 Å². The molecule has 0 spiro atoms. The van der Waals surface area contributed by atoms with Crippen LogP contribution in [0.15, 0.2) is 41.9 Å². The van der Waals surface area contributed by atoms with Crippen LogP contribution in [-0.4, -0.2) is 26.2 Å². The topological polar surface area (TPSA) is 71.5 Å². The first-order valence-electron chi connectivity index (χ1n) is 5.72. The molecule has 6 heteroatoms. The van der Waals surface area contributed by atoms with Crippen LogP contribution in [0.4, 0.5) is 0 Å². The summed E-state index contributed by atoms with van der Waals surface area (Å²) in [6, 6.07) is 9.23. The average Bonchev–Trinajstić information content (AvgIpc) is 3.10. The molecule has 3 aromatic rings. The Morgan fingerprint density at radius 1 is 1.26 bits per heavy atom. The number of aromatic nitrogens is 4. The van der Waals surface area contributed by atoms with E-state index in [9.17, 15) is 4.79 Å². The highest BCUT2D eigenvalue weighted by atomic mass is 32.1. The minimum absolute atomic E-state index is 0.0672. The van der Waals surface area contributed by atoms with Crippen LogP contribution in [0, 0.1) is 0 Å². The maximum Gasteiger partial charge on any atom is 0.168 e. The molecule has 2 heterocycles. The van der Waals surface area contributed by atoms with Crippen LogP contribution in [0.1, 0.15) is 16.1 Å². The van der Waals surface area contributed by atoms with Gasteiger partial charge in [-0.3, -0.25) is 4.79 Å². The van der Waals surface area contributed by atoms with Gasteiger partial charge in [-0.15, -0.1) is 11.3 Å². The summed E-state index contributed by atoms with van der Waals surface area (Å²) in [6.45, 7) is 0. The van der Waals surface area contributed by atoms with Crippen LogP contribution in [0.25, 0.3) is 10.7 Å². The summed E-state index contributed by atoms with van der Waals surface area (Å²) in [5, 5.41) is 12.9. The maximum absolute atomic E-state index is 12.0. The number of aromatic amines is 1. The van der Waals surface area contributed by atoms with Gasteiger partial charge in [0, 0.05) is 10.9 Å². The maximum atomic E-state index is 12.0.